The Hall–Kier alpha value is -4.16. The highest BCUT2D eigenvalue weighted by atomic mass is 14.4. The zero-order valence-electron chi connectivity index (χ0n) is 29.2. The average molecular weight is 599 g/mol. The van der Waals surface area contributed by atoms with Gasteiger partial charge in [-0.25, -0.2) is 0 Å². The molecule has 0 fully saturated rings. The maximum Gasteiger partial charge on any atom is 0.0159 e. The van der Waals surface area contributed by atoms with Crippen LogP contribution in [0.2, 0.25) is 0 Å². The van der Waals surface area contributed by atoms with Gasteiger partial charge in [0.15, 0.2) is 0 Å². The Morgan fingerprint density at radius 1 is 0.413 bits per heavy atom. The molecule has 0 bridgehead atoms. The highest BCUT2D eigenvalue weighted by Crippen LogP contribution is 2.55. The fraction of sp³-hybridized carbons (Fsp3) is 0.304. The summed E-state index contributed by atoms with van der Waals surface area (Å²) in [4.78, 5) is 0. The Balaban J connectivity index is 1.40. The molecule has 230 valence electrons. The molecule has 2 aliphatic rings. The first-order chi connectivity index (χ1) is 21.6. The third-order valence-electron chi connectivity index (χ3n) is 11.4. The van der Waals surface area contributed by atoms with Gasteiger partial charge in [-0.05, 0) is 123 Å². The fourth-order valence-corrected chi connectivity index (χ4v) is 8.39. The second kappa shape index (κ2) is 9.22. The van der Waals surface area contributed by atoms with E-state index < -0.39 is 0 Å². The number of rotatable bonds is 1. The number of hydrogen-bond acceptors (Lipinski definition) is 0. The van der Waals surface area contributed by atoms with Gasteiger partial charge in [-0.2, -0.15) is 0 Å². The molecule has 0 spiro atoms. The highest BCUT2D eigenvalue weighted by Gasteiger charge is 2.39. The molecular formula is C46H46. The first-order valence-electron chi connectivity index (χ1n) is 17.0. The largest absolute Gasteiger partial charge is 0.0619 e. The molecule has 0 saturated heterocycles. The molecule has 0 aromatic heterocycles. The summed E-state index contributed by atoms with van der Waals surface area (Å²) in [6, 6.07) is 38.0. The monoisotopic (exact) mass is 598 g/mol. The summed E-state index contributed by atoms with van der Waals surface area (Å²) in [6.07, 6.45) is 0. The third kappa shape index (κ3) is 4.05. The third-order valence-corrected chi connectivity index (χ3v) is 11.4. The van der Waals surface area contributed by atoms with E-state index in [2.05, 4.69) is 166 Å². The van der Waals surface area contributed by atoms with Gasteiger partial charge in [0, 0.05) is 10.8 Å². The Morgan fingerprint density at radius 2 is 1.02 bits per heavy atom. The van der Waals surface area contributed by atoms with Crippen LogP contribution in [0.5, 0.6) is 0 Å². The molecule has 0 unspecified atom stereocenters. The lowest BCUT2D eigenvalue weighted by molar-refractivity contribution is 0.580. The summed E-state index contributed by atoms with van der Waals surface area (Å²) in [5, 5.41) is 5.28. The smallest absolute Gasteiger partial charge is 0.0159 e. The number of benzene rings is 6. The van der Waals surface area contributed by atoms with Gasteiger partial charge in [-0.1, -0.05) is 142 Å². The molecule has 2 aliphatic carbocycles. The van der Waals surface area contributed by atoms with Crippen LogP contribution in [0.25, 0.3) is 54.9 Å². The molecule has 0 radical (unpaired) electrons. The van der Waals surface area contributed by atoms with Crippen LogP contribution in [-0.4, -0.2) is 0 Å². The van der Waals surface area contributed by atoms with E-state index in [4.69, 9.17) is 0 Å². The molecule has 0 aliphatic heterocycles. The summed E-state index contributed by atoms with van der Waals surface area (Å²) in [6.45, 7) is 23.6. The molecule has 46 heavy (non-hydrogen) atoms. The lowest BCUT2D eigenvalue weighted by Crippen LogP contribution is -2.19. The molecule has 8 rings (SSSR count). The topological polar surface area (TPSA) is 0 Å². The number of hydrogen-bond donors (Lipinski definition) is 0. The fourth-order valence-electron chi connectivity index (χ4n) is 8.39. The molecule has 6 aromatic carbocycles. The zero-order valence-corrected chi connectivity index (χ0v) is 29.2. The van der Waals surface area contributed by atoms with Gasteiger partial charge in [0.2, 0.25) is 0 Å². The van der Waals surface area contributed by atoms with Crippen LogP contribution in [0.3, 0.4) is 0 Å². The van der Waals surface area contributed by atoms with Crippen LogP contribution in [-0.2, 0) is 21.7 Å². The molecule has 0 N–H and O–H groups in total. The summed E-state index contributed by atoms with van der Waals surface area (Å²) in [5.74, 6) is 0. The summed E-state index contributed by atoms with van der Waals surface area (Å²) in [5.41, 5.74) is 16.8. The van der Waals surface area contributed by atoms with Gasteiger partial charge in [0.1, 0.15) is 0 Å². The van der Waals surface area contributed by atoms with Gasteiger partial charge >= 0.3 is 0 Å². The normalized spacial score (nSPS) is 16.0. The standard InChI is InChI=1S/C46H46/c1-43(2,3)30-19-20-33-39(24-30)46(9,10)41-25-31(44(4,5)6)23-36(42(33)41)29-18-16-27-15-17-28-22-37-32-13-11-12-14-38(32)45(7,8)40(37)26-35(28)34(27)21-29/h11-26H,1-10H3. The van der Waals surface area contributed by atoms with E-state index in [1.165, 1.54) is 88.3 Å². The first kappa shape index (κ1) is 29.3. The maximum atomic E-state index is 2.51. The lowest BCUT2D eigenvalue weighted by atomic mass is 9.76. The van der Waals surface area contributed by atoms with E-state index in [0.717, 1.165) is 0 Å². The van der Waals surface area contributed by atoms with E-state index in [1.54, 1.807) is 0 Å². The Morgan fingerprint density at radius 3 is 1.76 bits per heavy atom. The van der Waals surface area contributed by atoms with Crippen LogP contribution in [0, 0.1) is 0 Å². The van der Waals surface area contributed by atoms with Crippen molar-refractivity contribution in [1.29, 1.82) is 0 Å². The predicted molar refractivity (Wildman–Crippen MR) is 199 cm³/mol. The molecule has 0 nitrogen and oxygen atoms in total. The summed E-state index contributed by atoms with van der Waals surface area (Å²) >= 11 is 0. The maximum absolute atomic E-state index is 2.51. The molecule has 0 heterocycles. The van der Waals surface area contributed by atoms with Crippen LogP contribution >= 0.6 is 0 Å². The van der Waals surface area contributed by atoms with Crippen LogP contribution in [0.15, 0.2) is 97.1 Å². The van der Waals surface area contributed by atoms with Crippen molar-refractivity contribution in [3.8, 4) is 33.4 Å². The predicted octanol–water partition coefficient (Wildman–Crippen LogP) is 12.9. The average Bonchev–Trinajstić information content (AvgIpc) is 3.37. The van der Waals surface area contributed by atoms with E-state index >= 15 is 0 Å². The molecule has 0 saturated carbocycles. The summed E-state index contributed by atoms with van der Waals surface area (Å²) < 4.78 is 0. The number of fused-ring (bicyclic) bond motifs is 9. The molecule has 6 aromatic rings. The Kier molecular flexibility index (Phi) is 5.87. The van der Waals surface area contributed by atoms with Gasteiger partial charge in [-0.3, -0.25) is 0 Å². The van der Waals surface area contributed by atoms with E-state index in [0.29, 0.717) is 0 Å². The first-order valence-corrected chi connectivity index (χ1v) is 17.0. The van der Waals surface area contributed by atoms with Gasteiger partial charge < -0.3 is 0 Å². The Labute approximate surface area is 275 Å². The summed E-state index contributed by atoms with van der Waals surface area (Å²) in [7, 11) is 0. The van der Waals surface area contributed by atoms with Crippen molar-refractivity contribution in [3.05, 3.63) is 130 Å². The quantitative estimate of drug-likeness (QED) is 0.165. The molecular weight excluding hydrogens is 553 g/mol. The minimum Gasteiger partial charge on any atom is -0.0619 e. The lowest BCUT2D eigenvalue weighted by Gasteiger charge is -2.27. The van der Waals surface area contributed by atoms with E-state index in [9.17, 15) is 0 Å². The minimum absolute atomic E-state index is 0.0248. The van der Waals surface area contributed by atoms with Crippen molar-refractivity contribution >= 4 is 21.5 Å². The van der Waals surface area contributed by atoms with Crippen LogP contribution < -0.4 is 0 Å². The molecule has 0 atom stereocenters. The highest BCUT2D eigenvalue weighted by molar-refractivity contribution is 6.11. The van der Waals surface area contributed by atoms with Crippen molar-refractivity contribution in [2.75, 3.05) is 0 Å². The zero-order chi connectivity index (χ0) is 32.6. The van der Waals surface area contributed by atoms with E-state index in [1.807, 2.05) is 0 Å². The van der Waals surface area contributed by atoms with Crippen LogP contribution in [0.4, 0.5) is 0 Å². The minimum atomic E-state index is -0.0768. The molecule has 0 heteroatoms. The second-order valence-electron chi connectivity index (χ2n) is 17.1. The van der Waals surface area contributed by atoms with Gasteiger partial charge in [0.05, 0.1) is 0 Å². The van der Waals surface area contributed by atoms with Crippen molar-refractivity contribution in [3.63, 3.8) is 0 Å². The van der Waals surface area contributed by atoms with Crippen molar-refractivity contribution in [2.45, 2.75) is 90.9 Å². The van der Waals surface area contributed by atoms with Gasteiger partial charge in [-0.15, -0.1) is 0 Å². The van der Waals surface area contributed by atoms with E-state index in [-0.39, 0.29) is 21.7 Å². The van der Waals surface area contributed by atoms with Gasteiger partial charge in [0.25, 0.3) is 0 Å². The SMILES string of the molecule is CC(C)(C)c1ccc2c(c1)C(C)(C)c1cc(C(C)(C)C)cc(-c3ccc4ccc5cc6c(cc5c4c3)C(C)(C)c3ccccc3-6)c1-2. The Bertz CT molecular complexity index is 2260. The van der Waals surface area contributed by atoms with Crippen LogP contribution in [0.1, 0.15) is 103 Å². The van der Waals surface area contributed by atoms with Crippen molar-refractivity contribution in [1.82, 2.24) is 0 Å². The van der Waals surface area contributed by atoms with Crippen molar-refractivity contribution in [2.24, 2.45) is 0 Å². The van der Waals surface area contributed by atoms with Crippen molar-refractivity contribution < 1.29 is 0 Å². The molecule has 0 amide bonds. The second-order valence-corrected chi connectivity index (χ2v) is 17.1.